The van der Waals surface area contributed by atoms with Crippen molar-refractivity contribution in [2.24, 2.45) is 0 Å². The zero-order valence-electron chi connectivity index (χ0n) is 18.7. The summed E-state index contributed by atoms with van der Waals surface area (Å²) in [7, 11) is 0. The van der Waals surface area contributed by atoms with Gasteiger partial charge in [0.15, 0.2) is 0 Å². The van der Waals surface area contributed by atoms with Crippen LogP contribution in [0.2, 0.25) is 0 Å². The number of halogens is 5. The van der Waals surface area contributed by atoms with Gasteiger partial charge in [-0.05, 0) is 47.2 Å². The summed E-state index contributed by atoms with van der Waals surface area (Å²) in [5, 5.41) is 0. The second-order valence-electron chi connectivity index (χ2n) is 8.38. The molecule has 0 bridgehead atoms. The van der Waals surface area contributed by atoms with Crippen LogP contribution in [0.4, 0.5) is 22.0 Å². The highest BCUT2D eigenvalue weighted by molar-refractivity contribution is 5.69. The van der Waals surface area contributed by atoms with Gasteiger partial charge in [0, 0.05) is 5.56 Å². The van der Waals surface area contributed by atoms with Crippen LogP contribution in [0.5, 0.6) is 5.75 Å². The second kappa shape index (κ2) is 10.1. The van der Waals surface area contributed by atoms with Crippen molar-refractivity contribution in [3.63, 3.8) is 0 Å². The summed E-state index contributed by atoms with van der Waals surface area (Å²) in [6.45, 7) is 2.35. The minimum Gasteiger partial charge on any atom is -0.433 e. The molecule has 0 N–H and O–H groups in total. The first kappa shape index (κ1) is 24.2. The van der Waals surface area contributed by atoms with Gasteiger partial charge in [-0.3, -0.25) is 0 Å². The molecule has 180 valence electrons. The number of ether oxygens (including phenoxy) is 2. The van der Waals surface area contributed by atoms with Crippen LogP contribution in [0.3, 0.4) is 0 Å². The number of alkyl halides is 4. The summed E-state index contributed by atoms with van der Waals surface area (Å²) < 4.78 is 80.5. The Hall–Kier alpha value is -2.93. The van der Waals surface area contributed by atoms with Gasteiger partial charge in [0.25, 0.3) is 6.43 Å². The van der Waals surface area contributed by atoms with Crippen LogP contribution in [0.25, 0.3) is 11.1 Å². The molecule has 0 saturated carbocycles. The predicted molar refractivity (Wildman–Crippen MR) is 120 cm³/mol. The Kier molecular flexibility index (Phi) is 7.22. The van der Waals surface area contributed by atoms with Gasteiger partial charge in [0.2, 0.25) is 0 Å². The van der Waals surface area contributed by atoms with Gasteiger partial charge in [-0.2, -0.15) is 8.78 Å². The highest BCUT2D eigenvalue weighted by Gasteiger charge is 2.33. The van der Waals surface area contributed by atoms with Gasteiger partial charge in [-0.25, -0.2) is 13.2 Å². The minimum atomic E-state index is -3.36. The van der Waals surface area contributed by atoms with Crippen molar-refractivity contribution in [3.05, 3.63) is 88.7 Å². The first-order valence-electron chi connectivity index (χ1n) is 11.2. The third kappa shape index (κ3) is 5.76. The fourth-order valence-corrected chi connectivity index (χ4v) is 3.93. The van der Waals surface area contributed by atoms with Gasteiger partial charge >= 0.3 is 6.11 Å². The molecule has 1 fully saturated rings. The second-order valence-corrected chi connectivity index (χ2v) is 8.38. The van der Waals surface area contributed by atoms with Gasteiger partial charge < -0.3 is 9.47 Å². The molecule has 0 aromatic heterocycles. The van der Waals surface area contributed by atoms with Gasteiger partial charge in [-0.15, -0.1) is 0 Å². The molecular formula is C27H25F5O2. The summed E-state index contributed by atoms with van der Waals surface area (Å²) in [4.78, 5) is 0. The largest absolute Gasteiger partial charge is 0.433 e. The number of hydrogen-bond acceptors (Lipinski definition) is 2. The molecule has 1 atom stereocenters. The Labute approximate surface area is 195 Å². The summed E-state index contributed by atoms with van der Waals surface area (Å²) in [5.74, 6) is -0.861. The molecule has 4 rings (SSSR count). The maximum atomic E-state index is 14.7. The van der Waals surface area contributed by atoms with E-state index in [0.717, 1.165) is 18.4 Å². The number of aryl methyl sites for hydroxylation is 2. The van der Waals surface area contributed by atoms with E-state index in [2.05, 4.69) is 0 Å². The molecule has 34 heavy (non-hydrogen) atoms. The molecule has 3 aromatic rings. The third-order valence-electron chi connectivity index (χ3n) is 5.81. The van der Waals surface area contributed by atoms with E-state index in [1.165, 1.54) is 36.4 Å². The zero-order chi connectivity index (χ0) is 24.3. The van der Waals surface area contributed by atoms with Crippen LogP contribution in [-0.4, -0.2) is 12.7 Å². The molecule has 0 aliphatic carbocycles. The van der Waals surface area contributed by atoms with Crippen LogP contribution in [0, 0.1) is 5.82 Å². The molecule has 0 amide bonds. The summed E-state index contributed by atoms with van der Waals surface area (Å²) in [6.07, 6.45) is -5.53. The number of epoxide rings is 1. The molecule has 1 saturated heterocycles. The SMILES string of the molecule is CCCc1ccc(OC(F)(F)CCc2ccc(-c3ccc(C4CO4)c(F)c3C(F)F)cc2)cc1. The lowest BCUT2D eigenvalue weighted by Crippen LogP contribution is -2.25. The number of rotatable bonds is 10. The molecule has 2 nitrogen and oxygen atoms in total. The number of benzene rings is 3. The van der Waals surface area contributed by atoms with Crippen LogP contribution in [-0.2, 0) is 17.6 Å². The molecule has 3 aromatic carbocycles. The Balaban J connectivity index is 1.42. The maximum Gasteiger partial charge on any atom is 0.398 e. The van der Waals surface area contributed by atoms with Crippen LogP contribution < -0.4 is 4.74 Å². The fraction of sp³-hybridized carbons (Fsp3) is 0.333. The van der Waals surface area contributed by atoms with Crippen LogP contribution in [0.1, 0.15) is 54.5 Å². The van der Waals surface area contributed by atoms with Crippen molar-refractivity contribution in [2.75, 3.05) is 6.61 Å². The minimum absolute atomic E-state index is 0.0230. The summed E-state index contributed by atoms with van der Waals surface area (Å²) in [6, 6.07) is 15.7. The molecule has 0 spiro atoms. The monoisotopic (exact) mass is 476 g/mol. The Morgan fingerprint density at radius 2 is 1.56 bits per heavy atom. The molecule has 7 heteroatoms. The zero-order valence-corrected chi connectivity index (χ0v) is 18.7. The quantitative estimate of drug-likeness (QED) is 0.218. The van der Waals surface area contributed by atoms with E-state index in [4.69, 9.17) is 9.47 Å². The van der Waals surface area contributed by atoms with E-state index in [-0.39, 0.29) is 23.3 Å². The molecule has 0 radical (unpaired) electrons. The average Bonchev–Trinajstić information content (AvgIpc) is 3.64. The normalized spacial score (nSPS) is 15.6. The first-order chi connectivity index (χ1) is 16.3. The van der Waals surface area contributed by atoms with Gasteiger partial charge in [0.1, 0.15) is 17.7 Å². The highest BCUT2D eigenvalue weighted by Crippen LogP contribution is 2.40. The van der Waals surface area contributed by atoms with Crippen molar-refractivity contribution in [3.8, 4) is 16.9 Å². The topological polar surface area (TPSA) is 21.8 Å². The van der Waals surface area contributed by atoms with E-state index < -0.39 is 36.4 Å². The van der Waals surface area contributed by atoms with Crippen molar-refractivity contribution in [1.29, 1.82) is 0 Å². The Morgan fingerprint density at radius 1 is 0.941 bits per heavy atom. The molecular weight excluding hydrogens is 451 g/mol. The maximum absolute atomic E-state index is 14.7. The lowest BCUT2D eigenvalue weighted by Gasteiger charge is -2.18. The summed E-state index contributed by atoms with van der Waals surface area (Å²) >= 11 is 0. The van der Waals surface area contributed by atoms with Crippen LogP contribution in [0.15, 0.2) is 60.7 Å². The Bertz CT molecular complexity index is 1110. The van der Waals surface area contributed by atoms with Crippen molar-refractivity contribution >= 4 is 0 Å². The Morgan fingerprint density at radius 3 is 2.15 bits per heavy atom. The van der Waals surface area contributed by atoms with E-state index >= 15 is 0 Å². The van der Waals surface area contributed by atoms with Crippen molar-refractivity contribution in [1.82, 2.24) is 0 Å². The molecule has 1 unspecified atom stereocenters. The lowest BCUT2D eigenvalue weighted by atomic mass is 9.95. The van der Waals surface area contributed by atoms with E-state index in [1.54, 1.807) is 24.3 Å². The third-order valence-corrected chi connectivity index (χ3v) is 5.81. The molecule has 1 heterocycles. The smallest absolute Gasteiger partial charge is 0.398 e. The van der Waals surface area contributed by atoms with E-state index in [1.807, 2.05) is 6.92 Å². The van der Waals surface area contributed by atoms with E-state index in [0.29, 0.717) is 17.7 Å². The lowest BCUT2D eigenvalue weighted by molar-refractivity contribution is -0.180. The van der Waals surface area contributed by atoms with Crippen LogP contribution >= 0.6 is 0 Å². The first-order valence-corrected chi connectivity index (χ1v) is 11.2. The van der Waals surface area contributed by atoms with E-state index in [9.17, 15) is 22.0 Å². The molecule has 1 aliphatic rings. The highest BCUT2D eigenvalue weighted by atomic mass is 19.3. The standard InChI is InChI=1S/C27H25F5O2/c1-2-3-17-6-10-20(11-7-17)34-27(31,32)15-14-18-4-8-19(9-5-18)21-12-13-22(23-16-33-23)25(28)24(21)26(29)30/h4-13,23,26H,2-3,14-16H2,1H3. The van der Waals surface area contributed by atoms with Crippen molar-refractivity contribution < 1.29 is 31.4 Å². The average molecular weight is 476 g/mol. The predicted octanol–water partition coefficient (Wildman–Crippen LogP) is 8.06. The van der Waals surface area contributed by atoms with Crippen molar-refractivity contribution in [2.45, 2.75) is 51.2 Å². The van der Waals surface area contributed by atoms with Gasteiger partial charge in [0.05, 0.1) is 18.6 Å². The summed E-state index contributed by atoms with van der Waals surface area (Å²) in [5.41, 5.74) is 1.56. The van der Waals surface area contributed by atoms with Gasteiger partial charge in [-0.1, -0.05) is 61.9 Å². The number of hydrogen-bond donors (Lipinski definition) is 0. The fourth-order valence-electron chi connectivity index (χ4n) is 3.93. The molecule has 1 aliphatic heterocycles.